The summed E-state index contributed by atoms with van der Waals surface area (Å²) in [4.78, 5) is 29.0. The average molecular weight is 533 g/mol. The Morgan fingerprint density at radius 2 is 1.97 bits per heavy atom. The number of carbonyl (C=O) groups excluding carboxylic acids is 1. The Morgan fingerprint density at radius 1 is 1.16 bits per heavy atom. The molecule has 0 aliphatic carbocycles. The van der Waals surface area contributed by atoms with Crippen molar-refractivity contribution in [2.45, 2.75) is 52.7 Å². The molecule has 4 aromatic rings. The van der Waals surface area contributed by atoms with E-state index in [4.69, 9.17) is 14.7 Å². The monoisotopic (exact) mass is 532 g/mol. The first-order chi connectivity index (χ1) is 18.5. The summed E-state index contributed by atoms with van der Waals surface area (Å²) < 4.78 is 7.53. The molecular formula is C29H36N6O2S. The van der Waals surface area contributed by atoms with Gasteiger partial charge in [0.2, 0.25) is 0 Å². The van der Waals surface area contributed by atoms with Crippen molar-refractivity contribution in [3.8, 4) is 21.8 Å². The Labute approximate surface area is 228 Å². The number of hydrogen-bond donors (Lipinski definition) is 0. The van der Waals surface area contributed by atoms with E-state index in [1.54, 1.807) is 22.0 Å². The van der Waals surface area contributed by atoms with Crippen molar-refractivity contribution in [2.75, 3.05) is 37.7 Å². The Morgan fingerprint density at radius 3 is 2.68 bits per heavy atom. The van der Waals surface area contributed by atoms with Gasteiger partial charge in [0.25, 0.3) is 0 Å². The Balaban J connectivity index is 1.48. The summed E-state index contributed by atoms with van der Waals surface area (Å²) in [6, 6.07) is 10.3. The summed E-state index contributed by atoms with van der Waals surface area (Å²) in [7, 11) is 0. The molecule has 0 spiro atoms. The zero-order valence-electron chi connectivity index (χ0n) is 22.6. The Hall–Kier alpha value is -3.14. The second kappa shape index (κ2) is 11.7. The van der Waals surface area contributed by atoms with E-state index >= 15 is 0 Å². The highest BCUT2D eigenvalue weighted by atomic mass is 32.1. The number of hydrogen-bond acceptors (Lipinski definition) is 8. The van der Waals surface area contributed by atoms with E-state index in [9.17, 15) is 4.79 Å². The predicted octanol–water partition coefficient (Wildman–Crippen LogP) is 5.44. The largest absolute Gasteiger partial charge is 0.375 e. The normalized spacial score (nSPS) is 14.8. The minimum atomic E-state index is 0.138. The number of ketones is 1. The topological polar surface area (TPSA) is 75.9 Å². The van der Waals surface area contributed by atoms with Crippen molar-refractivity contribution in [1.82, 2.24) is 24.5 Å². The van der Waals surface area contributed by atoms with E-state index in [0.29, 0.717) is 30.3 Å². The average Bonchev–Trinajstić information content (AvgIpc) is 3.59. The molecule has 5 heterocycles. The number of aromatic nitrogens is 4. The summed E-state index contributed by atoms with van der Waals surface area (Å²) in [6.45, 7) is 12.8. The van der Waals surface area contributed by atoms with Crippen molar-refractivity contribution >= 4 is 28.6 Å². The number of carbonyl (C=O) groups is 1. The number of Topliss-reactive ketones (excluding diaryl/α,β-unsaturated/α-hetero) is 1. The summed E-state index contributed by atoms with van der Waals surface area (Å²) in [5.41, 5.74) is 3.84. The van der Waals surface area contributed by atoms with Crippen LogP contribution < -0.4 is 4.90 Å². The van der Waals surface area contributed by atoms with E-state index < -0.39 is 0 Å². The predicted molar refractivity (Wildman–Crippen MR) is 153 cm³/mol. The maximum Gasteiger partial charge on any atom is 0.165 e. The second-order valence-corrected chi connectivity index (χ2v) is 10.7. The van der Waals surface area contributed by atoms with Gasteiger partial charge in [0.15, 0.2) is 11.4 Å². The first-order valence-corrected chi connectivity index (χ1v) is 14.4. The summed E-state index contributed by atoms with van der Waals surface area (Å²) in [5.74, 6) is 0.937. The van der Waals surface area contributed by atoms with Crippen LogP contribution in [0.4, 0.5) is 5.82 Å². The van der Waals surface area contributed by atoms with Gasteiger partial charge in [0.1, 0.15) is 5.82 Å². The number of pyridine rings is 1. The summed E-state index contributed by atoms with van der Waals surface area (Å²) >= 11 is 1.65. The lowest BCUT2D eigenvalue weighted by Gasteiger charge is -2.39. The summed E-state index contributed by atoms with van der Waals surface area (Å²) in [6.07, 6.45) is 5.24. The third-order valence-corrected chi connectivity index (χ3v) is 8.24. The molecule has 9 heteroatoms. The van der Waals surface area contributed by atoms with Crippen LogP contribution in [0.15, 0.2) is 48.1 Å². The van der Waals surface area contributed by atoms with Gasteiger partial charge in [0, 0.05) is 43.9 Å². The molecule has 1 aliphatic rings. The van der Waals surface area contributed by atoms with Gasteiger partial charge in [-0.05, 0) is 63.0 Å². The van der Waals surface area contributed by atoms with E-state index in [1.165, 1.54) is 0 Å². The van der Waals surface area contributed by atoms with Crippen LogP contribution in [0.2, 0.25) is 0 Å². The van der Waals surface area contributed by atoms with Crippen molar-refractivity contribution in [2.24, 2.45) is 0 Å². The van der Waals surface area contributed by atoms with Crippen molar-refractivity contribution in [1.29, 1.82) is 0 Å². The molecule has 200 valence electrons. The molecule has 0 amide bonds. The van der Waals surface area contributed by atoms with Gasteiger partial charge in [-0.25, -0.2) is 14.5 Å². The van der Waals surface area contributed by atoms with E-state index in [2.05, 4.69) is 41.7 Å². The van der Waals surface area contributed by atoms with Gasteiger partial charge in [-0.2, -0.15) is 5.10 Å². The summed E-state index contributed by atoms with van der Waals surface area (Å²) in [5, 5.41) is 6.58. The number of ether oxygens (including phenoxy) is 1. The van der Waals surface area contributed by atoms with Gasteiger partial charge < -0.3 is 14.5 Å². The first kappa shape index (κ1) is 26.5. The molecule has 1 fully saturated rings. The van der Waals surface area contributed by atoms with E-state index in [1.807, 2.05) is 42.8 Å². The van der Waals surface area contributed by atoms with Gasteiger partial charge in [-0.3, -0.25) is 4.79 Å². The molecule has 8 nitrogen and oxygen atoms in total. The molecule has 0 bridgehead atoms. The molecule has 0 aromatic carbocycles. The molecular weight excluding hydrogens is 496 g/mol. The van der Waals surface area contributed by atoms with Crippen LogP contribution in [-0.4, -0.2) is 75.2 Å². The van der Waals surface area contributed by atoms with Crippen molar-refractivity contribution in [3.63, 3.8) is 0 Å². The lowest BCUT2D eigenvalue weighted by molar-refractivity contribution is 0.0427. The SMILES string of the molecule is CCOC1CN(c2cc(C(=O)CC[C@H](C)N(CC)CC)cc(-c3cnn4ccc(-c5cccs5)nc34)n2)C1. The number of rotatable bonds is 12. The second-order valence-electron chi connectivity index (χ2n) is 9.73. The van der Waals surface area contributed by atoms with Crippen LogP contribution in [0.25, 0.3) is 27.5 Å². The lowest BCUT2D eigenvalue weighted by Crippen LogP contribution is -2.52. The van der Waals surface area contributed by atoms with Crippen molar-refractivity contribution in [3.05, 3.63) is 53.7 Å². The van der Waals surface area contributed by atoms with Crippen LogP contribution in [0.3, 0.4) is 0 Å². The standard InChI is InChI=1S/C29H36N6O2S/c1-5-33(6-2)20(4)10-11-26(36)21-15-25(31-28(16-21)34-18-22(19-34)37-7-3)23-17-30-35-13-12-24(32-29(23)35)27-9-8-14-38-27/h8-9,12-17,20,22H,5-7,10-11,18-19H2,1-4H3/t20-/m0/s1. The van der Waals surface area contributed by atoms with Gasteiger partial charge >= 0.3 is 0 Å². The highest BCUT2D eigenvalue weighted by molar-refractivity contribution is 7.13. The van der Waals surface area contributed by atoms with E-state index in [-0.39, 0.29) is 11.9 Å². The molecule has 4 aromatic heterocycles. The minimum absolute atomic E-state index is 0.138. The fourth-order valence-corrected chi connectivity index (χ4v) is 5.76. The third kappa shape index (κ3) is 5.50. The number of anilines is 1. The molecule has 1 aliphatic heterocycles. The van der Waals surface area contributed by atoms with Crippen LogP contribution in [0.1, 0.15) is 50.9 Å². The molecule has 1 atom stereocenters. The maximum absolute atomic E-state index is 13.5. The molecule has 38 heavy (non-hydrogen) atoms. The molecule has 1 saturated heterocycles. The van der Waals surface area contributed by atoms with Crippen LogP contribution in [0.5, 0.6) is 0 Å². The molecule has 0 unspecified atom stereocenters. The zero-order valence-corrected chi connectivity index (χ0v) is 23.4. The molecule has 5 rings (SSSR count). The number of fused-ring (bicyclic) bond motifs is 1. The Kier molecular flexibility index (Phi) is 8.16. The smallest absolute Gasteiger partial charge is 0.165 e. The van der Waals surface area contributed by atoms with Gasteiger partial charge in [-0.15, -0.1) is 11.3 Å². The lowest BCUT2D eigenvalue weighted by atomic mass is 10.0. The molecule has 0 radical (unpaired) electrons. The Bertz CT molecular complexity index is 1380. The molecule has 0 N–H and O–H groups in total. The van der Waals surface area contributed by atoms with E-state index in [0.717, 1.165) is 60.2 Å². The van der Waals surface area contributed by atoms with Crippen LogP contribution in [0, 0.1) is 0 Å². The fraction of sp³-hybridized carbons (Fsp3) is 0.448. The maximum atomic E-state index is 13.5. The van der Waals surface area contributed by atoms with Gasteiger partial charge in [-0.1, -0.05) is 19.9 Å². The highest BCUT2D eigenvalue weighted by Crippen LogP contribution is 2.31. The third-order valence-electron chi connectivity index (χ3n) is 7.35. The molecule has 0 saturated carbocycles. The zero-order chi connectivity index (χ0) is 26.6. The minimum Gasteiger partial charge on any atom is -0.375 e. The van der Waals surface area contributed by atoms with Gasteiger partial charge in [0.05, 0.1) is 34.1 Å². The fourth-order valence-electron chi connectivity index (χ4n) is 5.07. The quantitative estimate of drug-likeness (QED) is 0.225. The van der Waals surface area contributed by atoms with Crippen LogP contribution in [-0.2, 0) is 4.74 Å². The first-order valence-electron chi connectivity index (χ1n) is 13.5. The van der Waals surface area contributed by atoms with Crippen molar-refractivity contribution < 1.29 is 9.53 Å². The highest BCUT2D eigenvalue weighted by Gasteiger charge is 2.29. The number of nitrogens with zero attached hydrogens (tertiary/aromatic N) is 6. The van der Waals surface area contributed by atoms with Crippen LogP contribution >= 0.6 is 11.3 Å². The number of thiophene rings is 1.